The lowest BCUT2D eigenvalue weighted by molar-refractivity contribution is 0.586. The third-order valence-corrected chi connectivity index (χ3v) is 3.90. The van der Waals surface area contributed by atoms with Gasteiger partial charge in [0.1, 0.15) is 5.82 Å². The van der Waals surface area contributed by atoms with Crippen molar-refractivity contribution in [1.82, 2.24) is 14.8 Å². The Hall–Kier alpha value is -0.390. The fourth-order valence-corrected chi connectivity index (χ4v) is 2.76. The summed E-state index contributed by atoms with van der Waals surface area (Å²) in [6.07, 6.45) is 0. The maximum absolute atomic E-state index is 6.25. The average molecular weight is 394 g/mol. The number of hydrogen-bond acceptors (Lipinski definition) is 2. The van der Waals surface area contributed by atoms with Gasteiger partial charge in [-0.05, 0) is 32.0 Å². The summed E-state index contributed by atoms with van der Waals surface area (Å²) in [5.74, 6) is 1.70. The van der Waals surface area contributed by atoms with E-state index in [-0.39, 0.29) is 6.04 Å². The zero-order valence-corrected chi connectivity index (χ0v) is 13.9. The lowest BCUT2D eigenvalue weighted by Crippen LogP contribution is -2.07. The number of nitrogens with zero attached hydrogens (tertiary/aromatic N) is 3. The zero-order valence-electron chi connectivity index (χ0n) is 9.99. The summed E-state index contributed by atoms with van der Waals surface area (Å²) in [6.45, 7) is 4.20. The van der Waals surface area contributed by atoms with Crippen LogP contribution in [0.1, 0.15) is 25.7 Å². The van der Waals surface area contributed by atoms with Crippen LogP contribution in [-0.2, 0) is 5.33 Å². The van der Waals surface area contributed by atoms with E-state index in [0.29, 0.717) is 10.4 Å². The van der Waals surface area contributed by atoms with E-state index in [9.17, 15) is 0 Å². The zero-order chi connectivity index (χ0) is 13.3. The van der Waals surface area contributed by atoms with Gasteiger partial charge in [-0.2, -0.15) is 0 Å². The Kier molecular flexibility index (Phi) is 4.45. The number of benzene rings is 1. The molecule has 0 spiro atoms. The second kappa shape index (κ2) is 5.72. The predicted molar refractivity (Wildman–Crippen MR) is 81.2 cm³/mol. The molecule has 1 aromatic carbocycles. The summed E-state index contributed by atoms with van der Waals surface area (Å²) < 4.78 is 3.06. The van der Waals surface area contributed by atoms with Crippen LogP contribution in [0.5, 0.6) is 0 Å². The lowest BCUT2D eigenvalue weighted by atomic mass is 10.2. The molecule has 2 aromatic rings. The maximum atomic E-state index is 6.25. The topological polar surface area (TPSA) is 30.7 Å². The maximum Gasteiger partial charge on any atom is 0.165 e. The third-order valence-electron chi connectivity index (χ3n) is 2.57. The summed E-state index contributed by atoms with van der Waals surface area (Å²) in [5.41, 5.74) is 0.888. The first-order valence-corrected chi connectivity index (χ1v) is 7.79. The minimum absolute atomic E-state index is 0.276. The smallest absolute Gasteiger partial charge is 0.165 e. The molecule has 18 heavy (non-hydrogen) atoms. The van der Waals surface area contributed by atoms with Crippen LogP contribution >= 0.6 is 43.5 Å². The summed E-state index contributed by atoms with van der Waals surface area (Å²) >= 11 is 13.1. The van der Waals surface area contributed by atoms with Gasteiger partial charge in [0.05, 0.1) is 10.4 Å². The normalized spacial score (nSPS) is 11.2. The first kappa shape index (κ1) is 14.0. The van der Waals surface area contributed by atoms with Crippen molar-refractivity contribution in [2.75, 3.05) is 0 Å². The molecule has 2 rings (SSSR count). The molecule has 0 bridgehead atoms. The Labute approximate surface area is 128 Å². The minimum Gasteiger partial charge on any atom is -0.308 e. The van der Waals surface area contributed by atoms with Gasteiger partial charge in [0.15, 0.2) is 5.82 Å². The number of alkyl halides is 1. The van der Waals surface area contributed by atoms with Crippen LogP contribution in [0.15, 0.2) is 22.7 Å². The summed E-state index contributed by atoms with van der Waals surface area (Å²) in [6, 6.07) is 6.00. The summed E-state index contributed by atoms with van der Waals surface area (Å²) in [7, 11) is 0. The Morgan fingerprint density at radius 1 is 1.33 bits per heavy atom. The van der Waals surface area contributed by atoms with Crippen molar-refractivity contribution < 1.29 is 0 Å². The minimum atomic E-state index is 0.276. The molecular formula is C12H12Br2ClN3. The fourth-order valence-electron chi connectivity index (χ4n) is 1.81. The number of halogens is 3. The first-order valence-electron chi connectivity index (χ1n) is 5.49. The van der Waals surface area contributed by atoms with Crippen LogP contribution in [0.3, 0.4) is 0 Å². The van der Waals surface area contributed by atoms with E-state index in [0.717, 1.165) is 21.7 Å². The van der Waals surface area contributed by atoms with Crippen molar-refractivity contribution in [2.45, 2.75) is 25.2 Å². The lowest BCUT2D eigenvalue weighted by Gasteiger charge is -2.14. The van der Waals surface area contributed by atoms with E-state index in [1.165, 1.54) is 0 Å². The Balaban J connectivity index is 2.63. The van der Waals surface area contributed by atoms with Crippen molar-refractivity contribution in [3.63, 3.8) is 0 Å². The molecule has 0 N–H and O–H groups in total. The van der Waals surface area contributed by atoms with Crippen molar-refractivity contribution >= 4 is 43.5 Å². The van der Waals surface area contributed by atoms with Crippen LogP contribution in [0.2, 0.25) is 5.02 Å². The predicted octanol–water partition coefficient (Wildman–Crippen LogP) is 4.84. The van der Waals surface area contributed by atoms with Gasteiger partial charge in [-0.15, -0.1) is 10.2 Å². The van der Waals surface area contributed by atoms with Crippen LogP contribution in [0.25, 0.3) is 11.4 Å². The van der Waals surface area contributed by atoms with Crippen molar-refractivity contribution in [3.8, 4) is 11.4 Å². The number of rotatable bonds is 3. The van der Waals surface area contributed by atoms with E-state index < -0.39 is 0 Å². The molecule has 0 fully saturated rings. The monoisotopic (exact) mass is 391 g/mol. The van der Waals surface area contributed by atoms with E-state index >= 15 is 0 Å². The molecule has 6 heteroatoms. The van der Waals surface area contributed by atoms with Gasteiger partial charge in [-0.25, -0.2) is 0 Å². The Morgan fingerprint density at radius 2 is 2.06 bits per heavy atom. The standard InChI is InChI=1S/C12H12Br2ClN3/c1-7(2)18-11(6-13)16-17-12(18)9-5-8(14)3-4-10(9)15/h3-5,7H,6H2,1-2H3. The van der Waals surface area contributed by atoms with Crippen LogP contribution in [-0.4, -0.2) is 14.8 Å². The van der Waals surface area contributed by atoms with Gasteiger partial charge in [-0.3, -0.25) is 0 Å². The molecule has 0 aliphatic heterocycles. The van der Waals surface area contributed by atoms with E-state index in [2.05, 4.69) is 60.5 Å². The molecule has 0 aliphatic carbocycles. The van der Waals surface area contributed by atoms with Crippen molar-refractivity contribution in [3.05, 3.63) is 33.5 Å². The number of hydrogen-bond donors (Lipinski definition) is 0. The van der Waals surface area contributed by atoms with Crippen LogP contribution in [0, 0.1) is 0 Å². The van der Waals surface area contributed by atoms with Gasteiger partial charge in [0.2, 0.25) is 0 Å². The molecule has 1 heterocycles. The van der Waals surface area contributed by atoms with Crippen molar-refractivity contribution in [1.29, 1.82) is 0 Å². The van der Waals surface area contributed by atoms with Gasteiger partial charge in [0.25, 0.3) is 0 Å². The Morgan fingerprint density at radius 3 is 2.67 bits per heavy atom. The van der Waals surface area contributed by atoms with E-state index in [1.807, 2.05) is 18.2 Å². The molecule has 96 valence electrons. The average Bonchev–Trinajstić information content (AvgIpc) is 2.75. The SMILES string of the molecule is CC(C)n1c(CBr)nnc1-c1cc(Br)ccc1Cl. The van der Waals surface area contributed by atoms with Gasteiger partial charge >= 0.3 is 0 Å². The third kappa shape index (κ3) is 2.63. The second-order valence-electron chi connectivity index (χ2n) is 4.16. The summed E-state index contributed by atoms with van der Waals surface area (Å²) in [4.78, 5) is 0. The molecule has 1 aromatic heterocycles. The van der Waals surface area contributed by atoms with Gasteiger partial charge in [0, 0.05) is 16.1 Å². The molecule has 0 amide bonds. The highest BCUT2D eigenvalue weighted by Gasteiger charge is 2.17. The summed E-state index contributed by atoms with van der Waals surface area (Å²) in [5, 5.41) is 9.80. The van der Waals surface area contributed by atoms with Crippen LogP contribution in [0.4, 0.5) is 0 Å². The fraction of sp³-hybridized carbons (Fsp3) is 0.333. The molecule has 3 nitrogen and oxygen atoms in total. The molecule has 0 atom stereocenters. The van der Waals surface area contributed by atoms with Gasteiger partial charge < -0.3 is 4.57 Å². The highest BCUT2D eigenvalue weighted by molar-refractivity contribution is 9.10. The second-order valence-corrected chi connectivity index (χ2v) is 6.04. The van der Waals surface area contributed by atoms with E-state index in [1.54, 1.807) is 0 Å². The van der Waals surface area contributed by atoms with Gasteiger partial charge in [-0.1, -0.05) is 43.5 Å². The molecule has 0 saturated carbocycles. The highest BCUT2D eigenvalue weighted by atomic mass is 79.9. The largest absolute Gasteiger partial charge is 0.308 e. The van der Waals surface area contributed by atoms with Crippen molar-refractivity contribution in [2.24, 2.45) is 0 Å². The van der Waals surface area contributed by atoms with Crippen LogP contribution < -0.4 is 0 Å². The highest BCUT2D eigenvalue weighted by Crippen LogP contribution is 2.31. The quantitative estimate of drug-likeness (QED) is 0.699. The molecule has 0 aliphatic rings. The van der Waals surface area contributed by atoms with E-state index in [4.69, 9.17) is 11.6 Å². The number of aromatic nitrogens is 3. The Bertz CT molecular complexity index is 566. The molecule has 0 radical (unpaired) electrons. The first-order chi connectivity index (χ1) is 8.54. The molecular weight excluding hydrogens is 381 g/mol. The molecule has 0 saturated heterocycles. The molecule has 0 unspecified atom stereocenters.